The number of nitrogens with zero attached hydrogens (tertiary/aromatic N) is 2. The second-order valence-corrected chi connectivity index (χ2v) is 5.84. The maximum atomic E-state index is 12.3. The Labute approximate surface area is 134 Å². The molecule has 0 saturated carbocycles. The third-order valence-electron chi connectivity index (χ3n) is 4.33. The van der Waals surface area contributed by atoms with Gasteiger partial charge in [-0.05, 0) is 25.0 Å². The molecular formula is C17H19N3O3. The molecular weight excluding hydrogens is 294 g/mol. The minimum atomic E-state index is -0.311. The van der Waals surface area contributed by atoms with E-state index in [4.69, 9.17) is 0 Å². The Morgan fingerprint density at radius 2 is 1.87 bits per heavy atom. The third-order valence-corrected chi connectivity index (χ3v) is 4.33. The number of likely N-dealkylation sites (tertiary alicyclic amines) is 1. The molecule has 0 spiro atoms. The van der Waals surface area contributed by atoms with Crippen molar-refractivity contribution in [1.82, 2.24) is 15.2 Å². The Bertz CT molecular complexity index is 616. The molecule has 6 heteroatoms. The topological polar surface area (TPSA) is 79.4 Å². The molecule has 0 aromatic carbocycles. The van der Waals surface area contributed by atoms with Crippen LogP contribution >= 0.6 is 0 Å². The lowest BCUT2D eigenvalue weighted by Gasteiger charge is -2.14. The van der Waals surface area contributed by atoms with Crippen LogP contribution in [0.1, 0.15) is 18.5 Å². The fraction of sp³-hybridized carbons (Fsp3) is 0.412. The first-order valence-corrected chi connectivity index (χ1v) is 7.83. The van der Waals surface area contributed by atoms with Crippen LogP contribution in [0.15, 0.2) is 36.5 Å². The van der Waals surface area contributed by atoms with E-state index in [2.05, 4.69) is 10.3 Å². The van der Waals surface area contributed by atoms with E-state index in [1.54, 1.807) is 6.20 Å². The summed E-state index contributed by atoms with van der Waals surface area (Å²) >= 11 is 0. The number of hydrogen-bond donors (Lipinski definition) is 1. The van der Waals surface area contributed by atoms with Crippen molar-refractivity contribution >= 4 is 17.7 Å². The number of fused-ring (bicyclic) bond motifs is 1. The van der Waals surface area contributed by atoms with Crippen molar-refractivity contribution in [2.24, 2.45) is 11.8 Å². The van der Waals surface area contributed by atoms with Gasteiger partial charge in [-0.15, -0.1) is 0 Å². The fourth-order valence-corrected chi connectivity index (χ4v) is 3.10. The second-order valence-electron chi connectivity index (χ2n) is 5.84. The molecule has 6 nitrogen and oxygen atoms in total. The zero-order valence-electron chi connectivity index (χ0n) is 12.8. The van der Waals surface area contributed by atoms with Crippen molar-refractivity contribution in [3.05, 3.63) is 42.2 Å². The SMILES string of the molecule is O=C(CN1C(=O)C2CC=CCC2C1=O)NCCc1ccccn1. The number of aromatic nitrogens is 1. The number of pyridine rings is 1. The number of imide groups is 1. The molecule has 23 heavy (non-hydrogen) atoms. The molecule has 1 aromatic rings. The van der Waals surface area contributed by atoms with Gasteiger partial charge in [-0.2, -0.15) is 0 Å². The number of allylic oxidation sites excluding steroid dienone is 2. The van der Waals surface area contributed by atoms with Gasteiger partial charge in [0.2, 0.25) is 17.7 Å². The van der Waals surface area contributed by atoms with E-state index in [0.717, 1.165) is 10.6 Å². The van der Waals surface area contributed by atoms with Gasteiger partial charge in [0, 0.05) is 24.9 Å². The smallest absolute Gasteiger partial charge is 0.240 e. The van der Waals surface area contributed by atoms with Gasteiger partial charge in [0.05, 0.1) is 11.8 Å². The number of amides is 3. The summed E-state index contributed by atoms with van der Waals surface area (Å²) in [5.74, 6) is -1.31. The molecule has 1 fully saturated rings. The maximum absolute atomic E-state index is 12.3. The molecule has 0 bridgehead atoms. The number of nitrogens with one attached hydrogen (secondary N) is 1. The van der Waals surface area contributed by atoms with Crippen LogP contribution in [0.2, 0.25) is 0 Å². The Balaban J connectivity index is 1.50. The molecule has 1 aliphatic carbocycles. The van der Waals surface area contributed by atoms with Crippen molar-refractivity contribution in [1.29, 1.82) is 0 Å². The highest BCUT2D eigenvalue weighted by Crippen LogP contribution is 2.34. The minimum absolute atomic E-state index is 0.188. The molecule has 1 N–H and O–H groups in total. The quantitative estimate of drug-likeness (QED) is 0.641. The highest BCUT2D eigenvalue weighted by atomic mass is 16.2. The Morgan fingerprint density at radius 1 is 1.17 bits per heavy atom. The lowest BCUT2D eigenvalue weighted by molar-refractivity contribution is -0.143. The summed E-state index contributed by atoms with van der Waals surface area (Å²) in [5.41, 5.74) is 0.887. The van der Waals surface area contributed by atoms with Crippen LogP contribution in [0.4, 0.5) is 0 Å². The van der Waals surface area contributed by atoms with Gasteiger partial charge < -0.3 is 5.32 Å². The number of carbonyl (C=O) groups is 3. The van der Waals surface area contributed by atoms with E-state index in [0.29, 0.717) is 25.8 Å². The maximum Gasteiger partial charge on any atom is 0.240 e. The summed E-state index contributed by atoms with van der Waals surface area (Å²) in [6.07, 6.45) is 7.36. The lowest BCUT2D eigenvalue weighted by atomic mass is 9.85. The number of carbonyl (C=O) groups excluding carboxylic acids is 3. The van der Waals surface area contributed by atoms with Gasteiger partial charge in [0.1, 0.15) is 6.54 Å². The first-order chi connectivity index (χ1) is 11.2. The van der Waals surface area contributed by atoms with E-state index < -0.39 is 0 Å². The van der Waals surface area contributed by atoms with Gasteiger partial charge >= 0.3 is 0 Å². The van der Waals surface area contributed by atoms with Crippen LogP contribution < -0.4 is 5.32 Å². The zero-order valence-corrected chi connectivity index (χ0v) is 12.8. The zero-order chi connectivity index (χ0) is 16.2. The standard InChI is InChI=1S/C17H19N3O3/c21-15(19-10-8-12-5-3-4-9-18-12)11-20-16(22)13-6-1-2-7-14(13)17(20)23/h1-5,9,13-14H,6-8,10-11H2,(H,19,21). The highest BCUT2D eigenvalue weighted by molar-refractivity contribution is 6.07. The van der Waals surface area contributed by atoms with E-state index in [-0.39, 0.29) is 36.1 Å². The molecule has 3 rings (SSSR count). The normalized spacial score (nSPS) is 23.0. The third kappa shape index (κ3) is 3.31. The van der Waals surface area contributed by atoms with Crippen LogP contribution in [0.25, 0.3) is 0 Å². The molecule has 0 radical (unpaired) electrons. The van der Waals surface area contributed by atoms with Crippen LogP contribution in [0, 0.1) is 11.8 Å². The summed E-state index contributed by atoms with van der Waals surface area (Å²) in [7, 11) is 0. The van der Waals surface area contributed by atoms with Crippen molar-refractivity contribution < 1.29 is 14.4 Å². The Morgan fingerprint density at radius 3 is 2.48 bits per heavy atom. The summed E-state index contributed by atoms with van der Waals surface area (Å²) in [5, 5.41) is 2.74. The largest absolute Gasteiger partial charge is 0.354 e. The molecule has 2 aliphatic rings. The van der Waals surface area contributed by atoms with Gasteiger partial charge in [-0.1, -0.05) is 18.2 Å². The summed E-state index contributed by atoms with van der Waals surface area (Å²) < 4.78 is 0. The molecule has 1 aromatic heterocycles. The molecule has 3 amide bonds. The minimum Gasteiger partial charge on any atom is -0.354 e. The van der Waals surface area contributed by atoms with E-state index >= 15 is 0 Å². The number of hydrogen-bond acceptors (Lipinski definition) is 4. The molecule has 1 saturated heterocycles. The van der Waals surface area contributed by atoms with Gasteiger partial charge in [0.25, 0.3) is 0 Å². The van der Waals surface area contributed by atoms with Crippen LogP contribution in [-0.2, 0) is 20.8 Å². The Hall–Kier alpha value is -2.50. The Kier molecular flexibility index (Phi) is 4.50. The molecule has 2 heterocycles. The van der Waals surface area contributed by atoms with Gasteiger partial charge in [-0.3, -0.25) is 24.3 Å². The van der Waals surface area contributed by atoms with Gasteiger partial charge in [0.15, 0.2) is 0 Å². The van der Waals surface area contributed by atoms with Crippen LogP contribution in [0.3, 0.4) is 0 Å². The summed E-state index contributed by atoms with van der Waals surface area (Å²) in [4.78, 5) is 41.8. The van der Waals surface area contributed by atoms with Crippen LogP contribution in [-0.4, -0.2) is 40.7 Å². The van der Waals surface area contributed by atoms with E-state index in [9.17, 15) is 14.4 Å². The lowest BCUT2D eigenvalue weighted by Crippen LogP contribution is -2.41. The van der Waals surface area contributed by atoms with E-state index in [1.165, 1.54) is 0 Å². The molecule has 120 valence electrons. The highest BCUT2D eigenvalue weighted by Gasteiger charge is 2.47. The van der Waals surface area contributed by atoms with Crippen LogP contribution in [0.5, 0.6) is 0 Å². The fourth-order valence-electron chi connectivity index (χ4n) is 3.10. The first kappa shape index (κ1) is 15.4. The van der Waals surface area contributed by atoms with Crippen molar-refractivity contribution in [3.63, 3.8) is 0 Å². The predicted molar refractivity (Wildman–Crippen MR) is 83.0 cm³/mol. The monoisotopic (exact) mass is 313 g/mol. The van der Waals surface area contributed by atoms with Crippen molar-refractivity contribution in [2.75, 3.05) is 13.1 Å². The van der Waals surface area contributed by atoms with Crippen molar-refractivity contribution in [2.45, 2.75) is 19.3 Å². The van der Waals surface area contributed by atoms with Gasteiger partial charge in [-0.25, -0.2) is 0 Å². The average Bonchev–Trinajstić information content (AvgIpc) is 2.81. The summed E-state index contributed by atoms with van der Waals surface area (Å²) in [6.45, 7) is 0.243. The summed E-state index contributed by atoms with van der Waals surface area (Å²) in [6, 6.07) is 5.61. The molecule has 2 unspecified atom stereocenters. The molecule has 2 atom stereocenters. The average molecular weight is 313 g/mol. The first-order valence-electron chi connectivity index (χ1n) is 7.83. The van der Waals surface area contributed by atoms with E-state index in [1.807, 2.05) is 30.4 Å². The van der Waals surface area contributed by atoms with Crippen molar-refractivity contribution in [3.8, 4) is 0 Å². The molecule has 1 aliphatic heterocycles. The second kappa shape index (κ2) is 6.73. The predicted octanol–water partition coefficient (Wildman–Crippen LogP) is 0.691. The number of rotatable bonds is 5.